The molecule has 0 spiro atoms. The minimum Gasteiger partial charge on any atom is -0.321 e. The normalized spacial score (nSPS) is 13.2. The Morgan fingerprint density at radius 1 is 1.50 bits per heavy atom. The highest BCUT2D eigenvalue weighted by molar-refractivity contribution is 5.71. The molecule has 86 valence electrons. The standard InChI is InChI=1S/C12H18N4/c1-3-4-6-9(13)11-15-10-7-5-8-14-12(10)16(11)2/h5,7-9H,3-4,6,13H2,1-2H3. The molecular weight excluding hydrogens is 200 g/mol. The predicted octanol–water partition coefficient (Wildman–Crippen LogP) is 2.16. The average molecular weight is 218 g/mol. The maximum absolute atomic E-state index is 6.13. The quantitative estimate of drug-likeness (QED) is 0.855. The molecule has 4 heteroatoms. The molecule has 1 unspecified atom stereocenters. The number of aryl methyl sites for hydroxylation is 1. The average Bonchev–Trinajstić information content (AvgIpc) is 2.64. The van der Waals surface area contributed by atoms with Crippen molar-refractivity contribution in [1.29, 1.82) is 0 Å². The largest absolute Gasteiger partial charge is 0.321 e. The van der Waals surface area contributed by atoms with Gasteiger partial charge < -0.3 is 10.3 Å². The zero-order chi connectivity index (χ0) is 11.5. The Morgan fingerprint density at radius 2 is 2.31 bits per heavy atom. The summed E-state index contributed by atoms with van der Waals surface area (Å²) in [7, 11) is 1.98. The number of fused-ring (bicyclic) bond motifs is 1. The lowest BCUT2D eigenvalue weighted by molar-refractivity contribution is 0.560. The number of imidazole rings is 1. The van der Waals surface area contributed by atoms with Crippen LogP contribution < -0.4 is 5.73 Å². The van der Waals surface area contributed by atoms with Gasteiger partial charge in [0.25, 0.3) is 0 Å². The third-order valence-electron chi connectivity index (χ3n) is 2.86. The Morgan fingerprint density at radius 3 is 3.00 bits per heavy atom. The number of nitrogens with two attached hydrogens (primary N) is 1. The lowest BCUT2D eigenvalue weighted by Gasteiger charge is -2.10. The van der Waals surface area contributed by atoms with E-state index in [2.05, 4.69) is 16.9 Å². The Balaban J connectivity index is 2.33. The smallest absolute Gasteiger partial charge is 0.159 e. The number of hydrogen-bond donors (Lipinski definition) is 1. The molecule has 0 bridgehead atoms. The molecule has 2 aromatic rings. The van der Waals surface area contributed by atoms with Gasteiger partial charge in [-0.15, -0.1) is 0 Å². The number of hydrogen-bond acceptors (Lipinski definition) is 3. The summed E-state index contributed by atoms with van der Waals surface area (Å²) < 4.78 is 2.00. The molecule has 0 radical (unpaired) electrons. The molecule has 0 aliphatic carbocycles. The van der Waals surface area contributed by atoms with E-state index < -0.39 is 0 Å². The summed E-state index contributed by atoms with van der Waals surface area (Å²) in [6.07, 6.45) is 5.06. The van der Waals surface area contributed by atoms with E-state index in [1.165, 1.54) is 0 Å². The van der Waals surface area contributed by atoms with Crippen LogP contribution in [0.5, 0.6) is 0 Å². The summed E-state index contributed by atoms with van der Waals surface area (Å²) >= 11 is 0. The highest BCUT2D eigenvalue weighted by Crippen LogP contribution is 2.19. The third kappa shape index (κ3) is 1.93. The first-order valence-corrected chi connectivity index (χ1v) is 5.77. The molecule has 0 fully saturated rings. The third-order valence-corrected chi connectivity index (χ3v) is 2.86. The van der Waals surface area contributed by atoms with Crippen LogP contribution >= 0.6 is 0 Å². The Bertz CT molecular complexity index is 475. The van der Waals surface area contributed by atoms with Gasteiger partial charge in [0.1, 0.15) is 11.3 Å². The summed E-state index contributed by atoms with van der Waals surface area (Å²) in [4.78, 5) is 8.85. The summed E-state index contributed by atoms with van der Waals surface area (Å²) in [6.45, 7) is 2.17. The van der Waals surface area contributed by atoms with E-state index in [-0.39, 0.29) is 6.04 Å². The second-order valence-electron chi connectivity index (χ2n) is 4.12. The van der Waals surface area contributed by atoms with E-state index in [9.17, 15) is 0 Å². The fraction of sp³-hybridized carbons (Fsp3) is 0.500. The van der Waals surface area contributed by atoms with Crippen LogP contribution in [0.4, 0.5) is 0 Å². The fourth-order valence-electron chi connectivity index (χ4n) is 1.93. The number of aromatic nitrogens is 3. The summed E-state index contributed by atoms with van der Waals surface area (Å²) in [6, 6.07) is 3.88. The van der Waals surface area contributed by atoms with Crippen molar-refractivity contribution in [1.82, 2.24) is 14.5 Å². The number of nitrogens with zero attached hydrogens (tertiary/aromatic N) is 3. The molecule has 2 heterocycles. The van der Waals surface area contributed by atoms with Gasteiger partial charge in [0.15, 0.2) is 5.65 Å². The summed E-state index contributed by atoms with van der Waals surface area (Å²) in [5, 5.41) is 0. The van der Waals surface area contributed by atoms with Crippen molar-refractivity contribution >= 4 is 11.2 Å². The molecule has 16 heavy (non-hydrogen) atoms. The molecule has 0 amide bonds. The number of rotatable bonds is 4. The highest BCUT2D eigenvalue weighted by atomic mass is 15.1. The number of pyridine rings is 1. The maximum Gasteiger partial charge on any atom is 0.159 e. The lowest BCUT2D eigenvalue weighted by atomic mass is 10.1. The maximum atomic E-state index is 6.13. The zero-order valence-electron chi connectivity index (χ0n) is 9.85. The fourth-order valence-corrected chi connectivity index (χ4v) is 1.93. The van der Waals surface area contributed by atoms with Crippen LogP contribution in [0.3, 0.4) is 0 Å². The van der Waals surface area contributed by atoms with Crippen LogP contribution in [0.15, 0.2) is 18.3 Å². The van der Waals surface area contributed by atoms with Crippen molar-refractivity contribution in [3.05, 3.63) is 24.2 Å². The SMILES string of the molecule is CCCCC(N)c1nc2cccnc2n1C. The molecule has 0 aliphatic heterocycles. The van der Waals surface area contributed by atoms with E-state index in [1.807, 2.05) is 23.7 Å². The van der Waals surface area contributed by atoms with Gasteiger partial charge in [-0.2, -0.15) is 0 Å². The van der Waals surface area contributed by atoms with E-state index >= 15 is 0 Å². The minimum absolute atomic E-state index is 0.0131. The van der Waals surface area contributed by atoms with Crippen LogP contribution in [0, 0.1) is 0 Å². The molecule has 0 aromatic carbocycles. The first kappa shape index (κ1) is 11.1. The van der Waals surface area contributed by atoms with Crippen molar-refractivity contribution in [3.8, 4) is 0 Å². The summed E-state index contributed by atoms with van der Waals surface area (Å²) in [5.74, 6) is 0.933. The van der Waals surface area contributed by atoms with Gasteiger partial charge in [-0.3, -0.25) is 0 Å². The van der Waals surface area contributed by atoms with Crippen LogP contribution in [0.1, 0.15) is 38.1 Å². The Kier molecular flexibility index (Phi) is 3.19. The van der Waals surface area contributed by atoms with E-state index in [1.54, 1.807) is 6.20 Å². The van der Waals surface area contributed by atoms with Crippen molar-refractivity contribution < 1.29 is 0 Å². The van der Waals surface area contributed by atoms with Crippen molar-refractivity contribution in [2.45, 2.75) is 32.2 Å². The van der Waals surface area contributed by atoms with E-state index in [0.717, 1.165) is 36.3 Å². The molecule has 2 aromatic heterocycles. The second kappa shape index (κ2) is 4.61. The van der Waals surface area contributed by atoms with Gasteiger partial charge in [0, 0.05) is 13.2 Å². The Labute approximate surface area is 95.5 Å². The molecule has 0 saturated heterocycles. The van der Waals surface area contributed by atoms with Crippen LogP contribution in [-0.4, -0.2) is 14.5 Å². The van der Waals surface area contributed by atoms with Crippen LogP contribution in [0.2, 0.25) is 0 Å². The van der Waals surface area contributed by atoms with Crippen LogP contribution in [0.25, 0.3) is 11.2 Å². The first-order chi connectivity index (χ1) is 7.74. The summed E-state index contributed by atoms with van der Waals surface area (Å²) in [5.41, 5.74) is 7.96. The molecule has 0 aliphatic rings. The lowest BCUT2D eigenvalue weighted by Crippen LogP contribution is -2.15. The highest BCUT2D eigenvalue weighted by Gasteiger charge is 2.14. The van der Waals surface area contributed by atoms with Gasteiger partial charge in [0.2, 0.25) is 0 Å². The molecule has 2 rings (SSSR count). The molecule has 2 N–H and O–H groups in total. The minimum atomic E-state index is 0.0131. The van der Waals surface area contributed by atoms with Crippen LogP contribution in [-0.2, 0) is 7.05 Å². The van der Waals surface area contributed by atoms with Crippen molar-refractivity contribution in [2.75, 3.05) is 0 Å². The second-order valence-corrected chi connectivity index (χ2v) is 4.12. The number of unbranched alkanes of at least 4 members (excludes halogenated alkanes) is 1. The molecule has 1 atom stereocenters. The van der Waals surface area contributed by atoms with Crippen molar-refractivity contribution in [2.24, 2.45) is 12.8 Å². The molecule has 4 nitrogen and oxygen atoms in total. The monoisotopic (exact) mass is 218 g/mol. The topological polar surface area (TPSA) is 56.7 Å². The molecule has 0 saturated carbocycles. The van der Waals surface area contributed by atoms with E-state index in [0.29, 0.717) is 0 Å². The van der Waals surface area contributed by atoms with Gasteiger partial charge in [-0.05, 0) is 18.6 Å². The van der Waals surface area contributed by atoms with Gasteiger partial charge in [-0.25, -0.2) is 9.97 Å². The van der Waals surface area contributed by atoms with Gasteiger partial charge in [-0.1, -0.05) is 19.8 Å². The predicted molar refractivity (Wildman–Crippen MR) is 65.0 cm³/mol. The van der Waals surface area contributed by atoms with Crippen molar-refractivity contribution in [3.63, 3.8) is 0 Å². The Hall–Kier alpha value is -1.42. The molecular formula is C12H18N4. The van der Waals surface area contributed by atoms with E-state index in [4.69, 9.17) is 5.73 Å². The first-order valence-electron chi connectivity index (χ1n) is 5.77. The van der Waals surface area contributed by atoms with Gasteiger partial charge in [0.05, 0.1) is 6.04 Å². The van der Waals surface area contributed by atoms with Gasteiger partial charge >= 0.3 is 0 Å². The zero-order valence-corrected chi connectivity index (χ0v) is 9.85.